The number of rotatable bonds is 8. The number of unbranched alkanes of at least 4 members (excludes halogenated alkanes) is 4. The van der Waals surface area contributed by atoms with Crippen molar-refractivity contribution in [1.29, 1.82) is 0 Å². The number of carboxylic acids is 1. The summed E-state index contributed by atoms with van der Waals surface area (Å²) in [4.78, 5) is 25.2. The Labute approximate surface area is 137 Å². The summed E-state index contributed by atoms with van der Waals surface area (Å²) in [6, 6.07) is 5.68. The van der Waals surface area contributed by atoms with Gasteiger partial charge in [0.05, 0.1) is 12.1 Å². The number of amides is 1. The molecule has 0 bridgehead atoms. The van der Waals surface area contributed by atoms with Crippen LogP contribution in [-0.4, -0.2) is 29.6 Å². The first-order valence-corrected chi connectivity index (χ1v) is 8.33. The third-order valence-corrected chi connectivity index (χ3v) is 4.06. The van der Waals surface area contributed by atoms with Crippen LogP contribution < -0.4 is 9.64 Å². The highest BCUT2D eigenvalue weighted by molar-refractivity contribution is 6.01. The zero-order chi connectivity index (χ0) is 16.8. The number of hydrogen-bond acceptors (Lipinski definition) is 3. The minimum absolute atomic E-state index is 0.251. The molecule has 1 aliphatic heterocycles. The molecule has 1 heterocycles. The van der Waals surface area contributed by atoms with Crippen LogP contribution in [-0.2, 0) is 9.59 Å². The predicted molar refractivity (Wildman–Crippen MR) is 89.0 cm³/mol. The van der Waals surface area contributed by atoms with E-state index in [0.29, 0.717) is 12.3 Å². The highest BCUT2D eigenvalue weighted by Gasteiger charge is 2.35. The number of anilines is 1. The van der Waals surface area contributed by atoms with Crippen molar-refractivity contribution < 1.29 is 19.4 Å². The molecule has 5 nitrogen and oxygen atoms in total. The molecule has 5 heteroatoms. The van der Waals surface area contributed by atoms with Gasteiger partial charge in [-0.25, -0.2) is 0 Å². The highest BCUT2D eigenvalue weighted by Crippen LogP contribution is 2.35. The minimum atomic E-state index is -1.03. The largest absolute Gasteiger partial charge is 0.481 e. The second-order valence-electron chi connectivity index (χ2n) is 6.08. The molecule has 1 aromatic carbocycles. The number of nitrogens with zero attached hydrogens (tertiary/aromatic N) is 1. The van der Waals surface area contributed by atoms with E-state index in [1.54, 1.807) is 4.90 Å². The van der Waals surface area contributed by atoms with E-state index in [2.05, 4.69) is 6.92 Å². The normalized spacial score (nSPS) is 16.9. The number of ether oxygens (including phenoxy) is 1. The molecule has 1 amide bonds. The van der Waals surface area contributed by atoms with Gasteiger partial charge in [-0.2, -0.15) is 0 Å². The standard InChI is InChI=1S/C18H25NO4/c1-3-4-5-6-7-10-19-14-9-8-13(2)11-15(14)23-16(18(19)22)12-17(20)21/h8-9,11,16H,3-7,10,12H2,1-2H3,(H,20,21). The molecule has 0 spiro atoms. The summed E-state index contributed by atoms with van der Waals surface area (Å²) in [6.07, 6.45) is 4.29. The fourth-order valence-electron chi connectivity index (χ4n) is 2.83. The van der Waals surface area contributed by atoms with Crippen LogP contribution in [0.5, 0.6) is 5.75 Å². The van der Waals surface area contributed by atoms with Gasteiger partial charge in [0.25, 0.3) is 5.91 Å². The number of carboxylic acid groups (broad SMARTS) is 1. The number of carbonyl (C=O) groups excluding carboxylic acids is 1. The highest BCUT2D eigenvalue weighted by atomic mass is 16.5. The van der Waals surface area contributed by atoms with Gasteiger partial charge in [0.1, 0.15) is 5.75 Å². The number of hydrogen-bond donors (Lipinski definition) is 1. The molecule has 1 aliphatic rings. The predicted octanol–water partition coefficient (Wildman–Crippen LogP) is 3.53. The van der Waals surface area contributed by atoms with Crippen LogP contribution in [0.4, 0.5) is 5.69 Å². The van der Waals surface area contributed by atoms with Crippen molar-refractivity contribution in [2.45, 2.75) is 58.5 Å². The number of carbonyl (C=O) groups is 2. The molecule has 1 unspecified atom stereocenters. The summed E-state index contributed by atoms with van der Waals surface area (Å²) in [7, 11) is 0. The monoisotopic (exact) mass is 319 g/mol. The molecule has 0 aliphatic carbocycles. The molecule has 0 saturated carbocycles. The van der Waals surface area contributed by atoms with Crippen LogP contribution in [0.3, 0.4) is 0 Å². The third-order valence-electron chi connectivity index (χ3n) is 4.06. The second-order valence-corrected chi connectivity index (χ2v) is 6.08. The molecule has 1 aromatic rings. The molecule has 2 rings (SSSR count). The van der Waals surface area contributed by atoms with Gasteiger partial charge in [-0.1, -0.05) is 38.7 Å². The Balaban J connectivity index is 2.13. The minimum Gasteiger partial charge on any atom is -0.481 e. The number of aryl methyl sites for hydroxylation is 1. The molecular formula is C18H25NO4. The molecule has 0 saturated heterocycles. The van der Waals surface area contributed by atoms with Crippen LogP contribution >= 0.6 is 0 Å². The zero-order valence-corrected chi connectivity index (χ0v) is 13.9. The quantitative estimate of drug-likeness (QED) is 0.744. The molecule has 1 atom stereocenters. The summed E-state index contributed by atoms with van der Waals surface area (Å²) >= 11 is 0. The van der Waals surface area contributed by atoms with Crippen molar-refractivity contribution in [3.05, 3.63) is 23.8 Å². The van der Waals surface area contributed by atoms with Crippen molar-refractivity contribution in [2.24, 2.45) is 0 Å². The fraction of sp³-hybridized carbons (Fsp3) is 0.556. The van der Waals surface area contributed by atoms with E-state index in [1.807, 2.05) is 25.1 Å². The lowest BCUT2D eigenvalue weighted by atomic mass is 10.1. The van der Waals surface area contributed by atoms with Gasteiger partial charge in [0.2, 0.25) is 0 Å². The van der Waals surface area contributed by atoms with Crippen molar-refractivity contribution in [1.82, 2.24) is 0 Å². The number of aliphatic carboxylic acids is 1. The Hall–Kier alpha value is -2.04. The van der Waals surface area contributed by atoms with Crippen molar-refractivity contribution in [3.8, 4) is 5.75 Å². The molecule has 0 fully saturated rings. The number of fused-ring (bicyclic) bond motifs is 1. The van der Waals surface area contributed by atoms with Crippen LogP contribution in [0.25, 0.3) is 0 Å². The Bertz CT molecular complexity index is 570. The maximum absolute atomic E-state index is 12.6. The van der Waals surface area contributed by atoms with Crippen LogP contribution in [0.2, 0.25) is 0 Å². The van der Waals surface area contributed by atoms with E-state index in [1.165, 1.54) is 12.8 Å². The fourth-order valence-corrected chi connectivity index (χ4v) is 2.83. The Kier molecular flexibility index (Phi) is 6.02. The van der Waals surface area contributed by atoms with E-state index in [0.717, 1.165) is 30.5 Å². The van der Waals surface area contributed by atoms with Crippen LogP contribution in [0, 0.1) is 6.92 Å². The first-order chi connectivity index (χ1) is 11.0. The average Bonchev–Trinajstić information content (AvgIpc) is 2.49. The molecular weight excluding hydrogens is 294 g/mol. The Morgan fingerprint density at radius 1 is 1.26 bits per heavy atom. The molecule has 0 aromatic heterocycles. The van der Waals surface area contributed by atoms with E-state index < -0.39 is 12.1 Å². The summed E-state index contributed by atoms with van der Waals surface area (Å²) in [5, 5.41) is 8.99. The van der Waals surface area contributed by atoms with Crippen LogP contribution in [0.1, 0.15) is 51.0 Å². The van der Waals surface area contributed by atoms with E-state index >= 15 is 0 Å². The van der Waals surface area contributed by atoms with E-state index in [4.69, 9.17) is 9.84 Å². The summed E-state index contributed by atoms with van der Waals surface area (Å²) in [5.41, 5.74) is 1.77. The van der Waals surface area contributed by atoms with Gasteiger partial charge in [-0.05, 0) is 31.0 Å². The topological polar surface area (TPSA) is 66.8 Å². The van der Waals surface area contributed by atoms with Gasteiger partial charge < -0.3 is 14.7 Å². The van der Waals surface area contributed by atoms with Crippen LogP contribution in [0.15, 0.2) is 18.2 Å². The number of benzene rings is 1. The zero-order valence-electron chi connectivity index (χ0n) is 13.9. The van der Waals surface area contributed by atoms with Gasteiger partial charge in [-0.3, -0.25) is 9.59 Å². The van der Waals surface area contributed by atoms with Crippen molar-refractivity contribution >= 4 is 17.6 Å². The van der Waals surface area contributed by atoms with E-state index in [-0.39, 0.29) is 12.3 Å². The van der Waals surface area contributed by atoms with E-state index in [9.17, 15) is 9.59 Å². The van der Waals surface area contributed by atoms with Gasteiger partial charge in [0, 0.05) is 6.54 Å². The van der Waals surface area contributed by atoms with Gasteiger partial charge in [-0.15, -0.1) is 0 Å². The second kappa shape index (κ2) is 7.99. The van der Waals surface area contributed by atoms with Gasteiger partial charge >= 0.3 is 5.97 Å². The Morgan fingerprint density at radius 2 is 2.00 bits per heavy atom. The molecule has 126 valence electrons. The smallest absolute Gasteiger partial charge is 0.307 e. The lowest BCUT2D eigenvalue weighted by Crippen LogP contribution is -2.47. The lowest BCUT2D eigenvalue weighted by Gasteiger charge is -2.34. The lowest BCUT2D eigenvalue weighted by molar-refractivity contribution is -0.142. The summed E-state index contributed by atoms with van der Waals surface area (Å²) < 4.78 is 5.64. The Morgan fingerprint density at radius 3 is 2.70 bits per heavy atom. The summed E-state index contributed by atoms with van der Waals surface area (Å²) in [5.74, 6) is -0.675. The maximum Gasteiger partial charge on any atom is 0.307 e. The molecule has 23 heavy (non-hydrogen) atoms. The van der Waals surface area contributed by atoms with Crippen molar-refractivity contribution in [2.75, 3.05) is 11.4 Å². The third kappa shape index (κ3) is 4.47. The average molecular weight is 319 g/mol. The maximum atomic E-state index is 12.6. The first-order valence-electron chi connectivity index (χ1n) is 8.33. The van der Waals surface area contributed by atoms with Crippen molar-refractivity contribution in [3.63, 3.8) is 0 Å². The SMILES string of the molecule is CCCCCCCN1C(=O)C(CC(=O)O)Oc2cc(C)ccc21. The first kappa shape index (κ1) is 17.3. The summed E-state index contributed by atoms with van der Waals surface area (Å²) in [6.45, 7) is 4.72. The van der Waals surface area contributed by atoms with Gasteiger partial charge in [0.15, 0.2) is 6.10 Å². The molecule has 1 N–H and O–H groups in total. The molecule has 0 radical (unpaired) electrons.